The minimum absolute atomic E-state index is 0.0278. The van der Waals surface area contributed by atoms with Gasteiger partial charge in [-0.1, -0.05) is 12.5 Å². The SMILES string of the molecule is COc1cc(C)cc(C)c1C(F)(F)C1CCCCN1. The van der Waals surface area contributed by atoms with Crippen LogP contribution in [0, 0.1) is 13.8 Å². The molecule has 1 aliphatic heterocycles. The molecule has 1 aromatic rings. The molecule has 0 radical (unpaired) electrons. The Labute approximate surface area is 113 Å². The molecule has 1 N–H and O–H groups in total. The van der Waals surface area contributed by atoms with E-state index in [-0.39, 0.29) is 11.3 Å². The first-order valence-electron chi connectivity index (χ1n) is 6.73. The minimum atomic E-state index is -2.90. The van der Waals surface area contributed by atoms with E-state index < -0.39 is 12.0 Å². The van der Waals surface area contributed by atoms with E-state index in [4.69, 9.17) is 4.74 Å². The fourth-order valence-corrected chi connectivity index (χ4v) is 2.85. The van der Waals surface area contributed by atoms with Gasteiger partial charge in [0.25, 0.3) is 5.92 Å². The molecule has 1 aromatic carbocycles. The Balaban J connectivity index is 2.43. The molecule has 0 saturated carbocycles. The molecule has 0 spiro atoms. The largest absolute Gasteiger partial charge is 0.496 e. The number of ether oxygens (including phenoxy) is 1. The number of halogens is 2. The fourth-order valence-electron chi connectivity index (χ4n) is 2.85. The number of hydrogen-bond acceptors (Lipinski definition) is 2. The standard InChI is InChI=1S/C15H21F2NO/c1-10-8-11(2)14(12(9-10)19-3)15(16,17)13-6-4-5-7-18-13/h8-9,13,18H,4-7H2,1-3H3. The van der Waals surface area contributed by atoms with Crippen molar-refractivity contribution < 1.29 is 13.5 Å². The molecule has 4 heteroatoms. The molecule has 0 bridgehead atoms. The molecule has 1 saturated heterocycles. The molecular weight excluding hydrogens is 248 g/mol. The van der Waals surface area contributed by atoms with Crippen molar-refractivity contribution in [2.45, 2.75) is 45.1 Å². The summed E-state index contributed by atoms with van der Waals surface area (Å²) in [5, 5.41) is 2.95. The Kier molecular flexibility index (Phi) is 4.09. The zero-order valence-electron chi connectivity index (χ0n) is 11.7. The Bertz CT molecular complexity index is 454. The van der Waals surface area contributed by atoms with E-state index in [2.05, 4.69) is 5.32 Å². The summed E-state index contributed by atoms with van der Waals surface area (Å²) in [5.41, 5.74) is 1.56. The van der Waals surface area contributed by atoms with Gasteiger partial charge in [0.1, 0.15) is 5.75 Å². The maximum atomic E-state index is 14.7. The topological polar surface area (TPSA) is 21.3 Å². The lowest BCUT2D eigenvalue weighted by Crippen LogP contribution is -2.46. The smallest absolute Gasteiger partial charge is 0.292 e. The first kappa shape index (κ1) is 14.3. The van der Waals surface area contributed by atoms with Crippen LogP contribution in [0.5, 0.6) is 5.75 Å². The number of benzene rings is 1. The maximum Gasteiger partial charge on any atom is 0.292 e. The summed E-state index contributed by atoms with van der Waals surface area (Å²) in [7, 11) is 1.45. The van der Waals surface area contributed by atoms with Crippen molar-refractivity contribution in [1.29, 1.82) is 0 Å². The average Bonchev–Trinajstić information content (AvgIpc) is 2.38. The van der Waals surface area contributed by atoms with E-state index in [0.29, 0.717) is 18.5 Å². The van der Waals surface area contributed by atoms with Crippen LogP contribution >= 0.6 is 0 Å². The Morgan fingerprint density at radius 1 is 1.26 bits per heavy atom. The number of methoxy groups -OCH3 is 1. The quantitative estimate of drug-likeness (QED) is 0.906. The summed E-state index contributed by atoms with van der Waals surface area (Å²) in [4.78, 5) is 0. The van der Waals surface area contributed by atoms with E-state index in [1.54, 1.807) is 19.1 Å². The van der Waals surface area contributed by atoms with Crippen molar-refractivity contribution >= 4 is 0 Å². The molecule has 19 heavy (non-hydrogen) atoms. The van der Waals surface area contributed by atoms with Crippen LogP contribution < -0.4 is 10.1 Å². The molecule has 106 valence electrons. The molecule has 0 amide bonds. The zero-order valence-corrected chi connectivity index (χ0v) is 11.7. The third-order valence-electron chi connectivity index (χ3n) is 3.74. The Morgan fingerprint density at radius 2 is 2.00 bits per heavy atom. The highest BCUT2D eigenvalue weighted by Gasteiger charge is 2.44. The van der Waals surface area contributed by atoms with Gasteiger partial charge in [-0.15, -0.1) is 0 Å². The second-order valence-corrected chi connectivity index (χ2v) is 5.28. The van der Waals surface area contributed by atoms with Gasteiger partial charge in [0.15, 0.2) is 0 Å². The lowest BCUT2D eigenvalue weighted by atomic mass is 9.90. The maximum absolute atomic E-state index is 14.7. The van der Waals surface area contributed by atoms with Gasteiger partial charge >= 0.3 is 0 Å². The number of piperidine rings is 1. The van der Waals surface area contributed by atoms with E-state index in [1.807, 2.05) is 6.92 Å². The summed E-state index contributed by atoms with van der Waals surface area (Å²) in [6.07, 6.45) is 2.32. The van der Waals surface area contributed by atoms with Gasteiger partial charge < -0.3 is 10.1 Å². The van der Waals surface area contributed by atoms with Gasteiger partial charge in [0.05, 0.1) is 18.7 Å². The molecule has 1 heterocycles. The number of rotatable bonds is 3. The van der Waals surface area contributed by atoms with E-state index >= 15 is 0 Å². The van der Waals surface area contributed by atoms with E-state index in [0.717, 1.165) is 18.4 Å². The summed E-state index contributed by atoms with van der Waals surface area (Å²) >= 11 is 0. The predicted molar refractivity (Wildman–Crippen MR) is 72.0 cm³/mol. The van der Waals surface area contributed by atoms with Gasteiger partial charge in [0, 0.05) is 0 Å². The normalized spacial score (nSPS) is 20.4. The van der Waals surface area contributed by atoms with Crippen molar-refractivity contribution in [1.82, 2.24) is 5.32 Å². The van der Waals surface area contributed by atoms with Gasteiger partial charge in [-0.2, -0.15) is 8.78 Å². The van der Waals surface area contributed by atoms with Crippen LogP contribution in [0.2, 0.25) is 0 Å². The zero-order chi connectivity index (χ0) is 14.0. The van der Waals surface area contributed by atoms with Crippen LogP contribution in [0.4, 0.5) is 8.78 Å². The van der Waals surface area contributed by atoms with Crippen molar-refractivity contribution in [3.63, 3.8) is 0 Å². The first-order valence-corrected chi connectivity index (χ1v) is 6.73. The Hall–Kier alpha value is -1.16. The van der Waals surface area contributed by atoms with Crippen LogP contribution in [0.3, 0.4) is 0 Å². The van der Waals surface area contributed by atoms with Gasteiger partial charge in [-0.05, 0) is 50.4 Å². The fraction of sp³-hybridized carbons (Fsp3) is 0.600. The predicted octanol–water partition coefficient (Wildman–Crippen LogP) is 3.55. The molecule has 0 aromatic heterocycles. The van der Waals surface area contributed by atoms with Gasteiger partial charge in [-0.3, -0.25) is 0 Å². The van der Waals surface area contributed by atoms with Gasteiger partial charge in [-0.25, -0.2) is 0 Å². The second kappa shape index (κ2) is 5.45. The average molecular weight is 269 g/mol. The highest BCUT2D eigenvalue weighted by Crippen LogP contribution is 2.42. The van der Waals surface area contributed by atoms with Crippen LogP contribution in [-0.4, -0.2) is 19.7 Å². The molecule has 1 atom stereocenters. The molecule has 1 unspecified atom stereocenters. The van der Waals surface area contributed by atoms with E-state index in [9.17, 15) is 8.78 Å². The number of nitrogens with one attached hydrogen (secondary N) is 1. The first-order chi connectivity index (χ1) is 8.96. The number of alkyl halides is 2. The molecule has 2 nitrogen and oxygen atoms in total. The van der Waals surface area contributed by atoms with E-state index in [1.165, 1.54) is 7.11 Å². The van der Waals surface area contributed by atoms with Crippen molar-refractivity contribution in [3.05, 3.63) is 28.8 Å². The number of hydrogen-bond donors (Lipinski definition) is 1. The lowest BCUT2D eigenvalue weighted by Gasteiger charge is -2.33. The Morgan fingerprint density at radius 3 is 2.58 bits per heavy atom. The minimum Gasteiger partial charge on any atom is -0.496 e. The second-order valence-electron chi connectivity index (χ2n) is 5.28. The summed E-state index contributed by atoms with van der Waals surface area (Å²) in [6, 6.07) is 2.67. The molecule has 1 aliphatic rings. The highest BCUT2D eigenvalue weighted by molar-refractivity contribution is 5.46. The van der Waals surface area contributed by atoms with Crippen LogP contribution in [0.15, 0.2) is 12.1 Å². The summed E-state index contributed by atoms with van der Waals surface area (Å²) in [5.74, 6) is -2.61. The third-order valence-corrected chi connectivity index (χ3v) is 3.74. The van der Waals surface area contributed by atoms with Crippen molar-refractivity contribution in [2.75, 3.05) is 13.7 Å². The number of aryl methyl sites for hydroxylation is 2. The highest BCUT2D eigenvalue weighted by atomic mass is 19.3. The monoisotopic (exact) mass is 269 g/mol. The third kappa shape index (κ3) is 2.73. The van der Waals surface area contributed by atoms with Crippen LogP contribution in [-0.2, 0) is 5.92 Å². The summed E-state index contributed by atoms with van der Waals surface area (Å²) in [6.45, 7) is 4.27. The molecule has 2 rings (SSSR count). The van der Waals surface area contributed by atoms with Crippen molar-refractivity contribution in [2.24, 2.45) is 0 Å². The van der Waals surface area contributed by atoms with Crippen LogP contribution in [0.1, 0.15) is 36.0 Å². The molecule has 1 fully saturated rings. The van der Waals surface area contributed by atoms with Crippen molar-refractivity contribution in [3.8, 4) is 5.75 Å². The lowest BCUT2D eigenvalue weighted by molar-refractivity contribution is -0.0533. The summed E-state index contributed by atoms with van der Waals surface area (Å²) < 4.78 is 34.7. The molecule has 0 aliphatic carbocycles. The molecular formula is C15H21F2NO. The van der Waals surface area contributed by atoms with Gasteiger partial charge in [0.2, 0.25) is 0 Å². The van der Waals surface area contributed by atoms with Crippen LogP contribution in [0.25, 0.3) is 0 Å².